The Bertz CT molecular complexity index is 787. The van der Waals surface area contributed by atoms with Crippen molar-refractivity contribution in [3.63, 3.8) is 0 Å². The molecule has 3 fully saturated rings. The summed E-state index contributed by atoms with van der Waals surface area (Å²) in [6.07, 6.45) is 5.60. The molecule has 4 nitrogen and oxygen atoms in total. The predicted octanol–water partition coefficient (Wildman–Crippen LogP) is 3.73. The topological polar surface area (TPSA) is 45.2 Å². The van der Waals surface area contributed by atoms with Crippen LogP contribution in [-0.2, 0) is 0 Å². The van der Waals surface area contributed by atoms with Crippen LogP contribution in [-0.4, -0.2) is 27.9 Å². The van der Waals surface area contributed by atoms with Crippen LogP contribution in [0.25, 0.3) is 0 Å². The Morgan fingerprint density at radius 3 is 2.62 bits per heavy atom. The lowest BCUT2D eigenvalue weighted by atomic mass is 9.66. The van der Waals surface area contributed by atoms with Gasteiger partial charge in [-0.2, -0.15) is 4.39 Å². The summed E-state index contributed by atoms with van der Waals surface area (Å²) in [6, 6.07) is 12.7. The molecule has 5 heteroatoms. The van der Waals surface area contributed by atoms with E-state index in [9.17, 15) is 9.18 Å². The van der Waals surface area contributed by atoms with Crippen molar-refractivity contribution < 1.29 is 9.18 Å². The van der Waals surface area contributed by atoms with Crippen LogP contribution in [0.4, 0.5) is 4.39 Å². The number of aromatic nitrogens is 1. The van der Waals surface area contributed by atoms with Crippen molar-refractivity contribution >= 4 is 5.91 Å². The summed E-state index contributed by atoms with van der Waals surface area (Å²) in [5.41, 5.74) is 0.772. The average molecular weight is 352 g/mol. The Morgan fingerprint density at radius 1 is 1.23 bits per heavy atom. The van der Waals surface area contributed by atoms with Crippen LogP contribution in [0.2, 0.25) is 0 Å². The first-order valence-electron chi connectivity index (χ1n) is 9.14. The number of rotatable bonds is 4. The van der Waals surface area contributed by atoms with Crippen molar-refractivity contribution in [1.82, 2.24) is 15.2 Å². The van der Waals surface area contributed by atoms with Crippen molar-refractivity contribution in [2.24, 2.45) is 5.92 Å². The van der Waals surface area contributed by atoms with Gasteiger partial charge in [0.25, 0.3) is 5.91 Å². The highest BCUT2D eigenvalue weighted by molar-refractivity contribution is 5.94. The van der Waals surface area contributed by atoms with Crippen molar-refractivity contribution in [3.05, 3.63) is 72.8 Å². The van der Waals surface area contributed by atoms with E-state index in [1.54, 1.807) is 6.07 Å². The van der Waals surface area contributed by atoms with Crippen molar-refractivity contribution in [3.8, 4) is 0 Å². The molecule has 2 aliphatic heterocycles. The molecular weight excluding hydrogens is 329 g/mol. The summed E-state index contributed by atoms with van der Waals surface area (Å²) in [5, 5.41) is 3.11. The predicted molar refractivity (Wildman–Crippen MR) is 97.6 cm³/mol. The molecule has 1 atom stereocenters. The normalized spacial score (nSPS) is 26.5. The minimum atomic E-state index is -0.742. The Balaban J connectivity index is 1.70. The van der Waals surface area contributed by atoms with Crippen LogP contribution in [0.3, 0.4) is 0 Å². The number of hydrogen-bond acceptors (Lipinski definition) is 3. The fourth-order valence-electron chi connectivity index (χ4n) is 4.58. The second-order valence-electron chi connectivity index (χ2n) is 7.43. The number of hydrogen-bond donors (Lipinski definition) is 1. The lowest BCUT2D eigenvalue weighted by Gasteiger charge is -2.61. The molecule has 26 heavy (non-hydrogen) atoms. The molecule has 2 bridgehead atoms. The second-order valence-corrected chi connectivity index (χ2v) is 7.43. The van der Waals surface area contributed by atoms with Gasteiger partial charge in [-0.05, 0) is 55.8 Å². The molecule has 1 aromatic heterocycles. The minimum absolute atomic E-state index is 0.0232. The van der Waals surface area contributed by atoms with Gasteiger partial charge in [0, 0.05) is 11.7 Å². The number of carbonyl (C=O) groups is 1. The van der Waals surface area contributed by atoms with E-state index in [4.69, 9.17) is 0 Å². The molecule has 1 aliphatic carbocycles. The number of amides is 1. The number of fused-ring (bicyclic) bond motifs is 3. The third kappa shape index (κ3) is 2.90. The zero-order valence-corrected chi connectivity index (χ0v) is 14.7. The standard InChI is InChI=1S/C21H23FN3O/c1-25-14-15-9-11-21(25,12-10-15)18(16-6-3-2-4-7-16)24-20(26)17-8-5-13-23-19(17)22/h2-8,13,15,18H,1,9-12,14H2,(H,24,26)/q-1. The molecule has 0 spiro atoms. The van der Waals surface area contributed by atoms with Crippen molar-refractivity contribution in [1.29, 1.82) is 0 Å². The molecule has 136 valence electrons. The van der Waals surface area contributed by atoms with Crippen LogP contribution < -0.4 is 5.32 Å². The Kier molecular flexibility index (Phi) is 4.49. The highest BCUT2D eigenvalue weighted by atomic mass is 19.1. The second kappa shape index (κ2) is 6.80. The van der Waals surface area contributed by atoms with Crippen LogP contribution in [0.1, 0.15) is 47.6 Å². The Morgan fingerprint density at radius 2 is 1.96 bits per heavy atom. The van der Waals surface area contributed by atoms with Crippen LogP contribution >= 0.6 is 0 Å². The number of benzene rings is 1. The van der Waals surface area contributed by atoms with E-state index < -0.39 is 11.9 Å². The summed E-state index contributed by atoms with van der Waals surface area (Å²) in [5.74, 6) is -0.481. The quantitative estimate of drug-likeness (QED) is 0.674. The lowest BCUT2D eigenvalue weighted by molar-refractivity contribution is -0.0281. The van der Waals surface area contributed by atoms with E-state index in [1.165, 1.54) is 12.3 Å². The summed E-state index contributed by atoms with van der Waals surface area (Å²) in [7, 11) is 4.29. The molecule has 2 saturated heterocycles. The molecule has 0 radical (unpaired) electrons. The lowest BCUT2D eigenvalue weighted by Crippen LogP contribution is -2.62. The van der Waals surface area contributed by atoms with Crippen LogP contribution in [0.5, 0.6) is 0 Å². The minimum Gasteiger partial charge on any atom is -0.452 e. The fourth-order valence-corrected chi connectivity index (χ4v) is 4.58. The largest absolute Gasteiger partial charge is 0.452 e. The van der Waals surface area contributed by atoms with Crippen LogP contribution in [0.15, 0.2) is 48.7 Å². The number of nitrogens with one attached hydrogen (secondary N) is 1. The van der Waals surface area contributed by atoms with Gasteiger partial charge < -0.3 is 10.2 Å². The van der Waals surface area contributed by atoms with E-state index in [0.29, 0.717) is 5.92 Å². The van der Waals surface area contributed by atoms with Gasteiger partial charge in [-0.3, -0.25) is 11.8 Å². The molecule has 3 heterocycles. The van der Waals surface area contributed by atoms with Gasteiger partial charge in [-0.1, -0.05) is 30.3 Å². The molecular formula is C21H23FN3O-. The SMILES string of the molecule is [CH2-]N1CC2CCC1(C(NC(=O)c1cccnc1F)c1ccccc1)CC2. The fraction of sp³-hybridized carbons (Fsp3) is 0.381. The van der Waals surface area contributed by atoms with E-state index in [-0.39, 0.29) is 17.1 Å². The zero-order valence-electron chi connectivity index (χ0n) is 14.7. The first kappa shape index (κ1) is 17.2. The van der Waals surface area contributed by atoms with E-state index in [0.717, 1.165) is 37.8 Å². The first-order valence-corrected chi connectivity index (χ1v) is 9.14. The number of pyridine rings is 1. The van der Waals surface area contributed by atoms with Gasteiger partial charge >= 0.3 is 0 Å². The van der Waals surface area contributed by atoms with Gasteiger partial charge in [-0.25, -0.2) is 4.98 Å². The number of nitrogens with zero attached hydrogens (tertiary/aromatic N) is 2. The third-order valence-corrected chi connectivity index (χ3v) is 6.03. The molecule has 2 aromatic rings. The van der Waals surface area contributed by atoms with Gasteiger partial charge in [-0.15, -0.1) is 0 Å². The molecule has 1 saturated carbocycles. The van der Waals surface area contributed by atoms with E-state index in [2.05, 4.69) is 22.2 Å². The van der Waals surface area contributed by atoms with Gasteiger partial charge in [0.1, 0.15) is 0 Å². The summed E-state index contributed by atoms with van der Waals surface area (Å²) < 4.78 is 14.0. The summed E-state index contributed by atoms with van der Waals surface area (Å²) in [6.45, 7) is 0.945. The smallest absolute Gasteiger partial charge is 0.256 e. The molecule has 5 rings (SSSR count). The average Bonchev–Trinajstić information content (AvgIpc) is 2.68. The Hall–Kier alpha value is -2.27. The van der Waals surface area contributed by atoms with Crippen molar-refractivity contribution in [2.75, 3.05) is 6.54 Å². The molecule has 3 aliphatic rings. The number of carbonyl (C=O) groups excluding carboxylic acids is 1. The maximum absolute atomic E-state index is 14.0. The number of halogens is 1. The highest BCUT2D eigenvalue weighted by Gasteiger charge is 2.47. The molecule has 1 unspecified atom stereocenters. The summed E-state index contributed by atoms with van der Waals surface area (Å²) in [4.78, 5) is 18.6. The van der Waals surface area contributed by atoms with Gasteiger partial charge in [0.15, 0.2) is 0 Å². The molecule has 1 aromatic carbocycles. The monoisotopic (exact) mass is 352 g/mol. The third-order valence-electron chi connectivity index (χ3n) is 6.03. The van der Waals surface area contributed by atoms with Crippen LogP contribution in [0, 0.1) is 18.9 Å². The zero-order chi connectivity index (χ0) is 18.1. The highest BCUT2D eigenvalue weighted by Crippen LogP contribution is 2.49. The summed E-state index contributed by atoms with van der Waals surface area (Å²) >= 11 is 0. The Labute approximate surface area is 153 Å². The first-order chi connectivity index (χ1) is 12.6. The number of piperidine rings is 2. The maximum atomic E-state index is 14.0. The molecule has 1 N–H and O–H groups in total. The van der Waals surface area contributed by atoms with E-state index >= 15 is 0 Å². The van der Waals surface area contributed by atoms with E-state index in [1.807, 2.05) is 30.3 Å². The van der Waals surface area contributed by atoms with Gasteiger partial charge in [0.05, 0.1) is 11.6 Å². The molecule has 1 amide bonds. The van der Waals surface area contributed by atoms with Crippen molar-refractivity contribution in [2.45, 2.75) is 37.3 Å². The van der Waals surface area contributed by atoms with Gasteiger partial charge in [0.2, 0.25) is 5.95 Å². The maximum Gasteiger partial charge on any atom is 0.256 e.